The van der Waals surface area contributed by atoms with Crippen molar-refractivity contribution >= 4 is 28.9 Å². The summed E-state index contributed by atoms with van der Waals surface area (Å²) in [5, 5.41) is 0.473. The van der Waals surface area contributed by atoms with Crippen LogP contribution in [0.2, 0.25) is 5.02 Å². The van der Waals surface area contributed by atoms with Gasteiger partial charge in [0.25, 0.3) is 0 Å². The molecule has 3 aliphatic rings. The second kappa shape index (κ2) is 8.15. The quantitative estimate of drug-likeness (QED) is 0.648. The molecule has 2 atom stereocenters. The minimum absolute atomic E-state index is 0.0611. The van der Waals surface area contributed by atoms with Crippen molar-refractivity contribution in [1.82, 2.24) is 0 Å². The molecule has 29 heavy (non-hydrogen) atoms. The van der Waals surface area contributed by atoms with Crippen LogP contribution in [-0.4, -0.2) is 31.0 Å². The van der Waals surface area contributed by atoms with Gasteiger partial charge in [0.2, 0.25) is 0 Å². The summed E-state index contributed by atoms with van der Waals surface area (Å²) in [4.78, 5) is 30.8. The second-order valence-electron chi connectivity index (χ2n) is 7.64. The molecular formula is C23H24ClNO4. The van der Waals surface area contributed by atoms with E-state index < -0.39 is 11.8 Å². The first kappa shape index (κ1) is 19.9. The van der Waals surface area contributed by atoms with E-state index in [2.05, 4.69) is 6.58 Å². The normalized spacial score (nSPS) is 23.9. The lowest BCUT2D eigenvalue weighted by molar-refractivity contribution is -0.122. The number of hydrogen-bond acceptors (Lipinski definition) is 5. The van der Waals surface area contributed by atoms with Gasteiger partial charge in [0.1, 0.15) is 12.4 Å². The number of allylic oxidation sites excluding steroid dienone is 2. The number of nitrogens with zero attached hydrogens (tertiary/aromatic N) is 1. The molecular weight excluding hydrogens is 390 g/mol. The number of fused-ring (bicyclic) bond motifs is 1. The highest BCUT2D eigenvalue weighted by Crippen LogP contribution is 2.50. The van der Waals surface area contributed by atoms with Gasteiger partial charge >= 0.3 is 0 Å². The molecule has 1 aliphatic heterocycles. The number of hydrogen-bond donors (Lipinski definition) is 0. The molecule has 0 aromatic heterocycles. The van der Waals surface area contributed by atoms with Gasteiger partial charge in [-0.05, 0) is 31.7 Å². The van der Waals surface area contributed by atoms with Gasteiger partial charge in [-0.2, -0.15) is 0 Å². The van der Waals surface area contributed by atoms with Crippen molar-refractivity contribution in [2.24, 2.45) is 10.9 Å². The maximum absolute atomic E-state index is 13.0. The molecule has 0 N–H and O–H groups in total. The average Bonchev–Trinajstić information content (AvgIpc) is 2.71. The molecule has 0 amide bonds. The Bertz CT molecular complexity index is 946. The number of carbonyl (C=O) groups is 2. The molecule has 0 bridgehead atoms. The van der Waals surface area contributed by atoms with Crippen molar-refractivity contribution in [1.29, 1.82) is 0 Å². The summed E-state index contributed by atoms with van der Waals surface area (Å²) in [5.74, 6) is 0.285. The summed E-state index contributed by atoms with van der Waals surface area (Å²) < 4.78 is 11.5. The summed E-state index contributed by atoms with van der Waals surface area (Å²) in [7, 11) is 1.55. The monoisotopic (exact) mass is 413 g/mol. The van der Waals surface area contributed by atoms with E-state index in [4.69, 9.17) is 26.1 Å². The Kier molecular flexibility index (Phi) is 5.59. The van der Waals surface area contributed by atoms with Gasteiger partial charge in [-0.1, -0.05) is 24.3 Å². The molecule has 1 saturated carbocycles. The Morgan fingerprint density at radius 3 is 2.72 bits per heavy atom. The van der Waals surface area contributed by atoms with Crippen LogP contribution in [0.4, 0.5) is 0 Å². The molecule has 0 saturated heterocycles. The van der Waals surface area contributed by atoms with Crippen molar-refractivity contribution < 1.29 is 19.1 Å². The van der Waals surface area contributed by atoms with Crippen LogP contribution >= 0.6 is 11.6 Å². The number of ketones is 2. The molecule has 0 radical (unpaired) electrons. The Morgan fingerprint density at radius 1 is 1.17 bits per heavy atom. The number of rotatable bonds is 5. The molecule has 4 rings (SSSR count). The highest BCUT2D eigenvalue weighted by molar-refractivity contribution is 6.31. The van der Waals surface area contributed by atoms with Crippen molar-refractivity contribution in [2.75, 3.05) is 13.7 Å². The molecule has 1 aromatic rings. The Hall–Kier alpha value is -2.40. The number of halogens is 1. The predicted molar refractivity (Wildman–Crippen MR) is 112 cm³/mol. The molecule has 5 nitrogen and oxygen atoms in total. The zero-order chi connectivity index (χ0) is 20.5. The van der Waals surface area contributed by atoms with E-state index >= 15 is 0 Å². The molecule has 0 spiro atoms. The Balaban J connectivity index is 1.95. The van der Waals surface area contributed by atoms with Gasteiger partial charge in [-0.3, -0.25) is 14.6 Å². The van der Waals surface area contributed by atoms with E-state index in [-0.39, 0.29) is 18.2 Å². The molecule has 2 aliphatic carbocycles. The molecule has 1 unspecified atom stereocenters. The van der Waals surface area contributed by atoms with E-state index in [1.807, 2.05) is 0 Å². The largest absolute Gasteiger partial charge is 0.493 e. The summed E-state index contributed by atoms with van der Waals surface area (Å²) in [5.41, 5.74) is 3.06. The van der Waals surface area contributed by atoms with Gasteiger partial charge in [-0.25, -0.2) is 0 Å². The van der Waals surface area contributed by atoms with E-state index in [1.54, 1.807) is 25.3 Å². The maximum atomic E-state index is 13.0. The zero-order valence-electron chi connectivity index (χ0n) is 16.5. The lowest BCUT2D eigenvalue weighted by atomic mass is 9.67. The topological polar surface area (TPSA) is 65.0 Å². The lowest BCUT2D eigenvalue weighted by Crippen LogP contribution is -2.39. The first-order chi connectivity index (χ1) is 14.0. The minimum Gasteiger partial charge on any atom is -0.493 e. The Labute approximate surface area is 175 Å². The van der Waals surface area contributed by atoms with Gasteiger partial charge in [0.15, 0.2) is 17.3 Å². The van der Waals surface area contributed by atoms with Crippen LogP contribution in [0.1, 0.15) is 50.0 Å². The van der Waals surface area contributed by atoms with Crippen LogP contribution in [0.5, 0.6) is 11.5 Å². The SMILES string of the molecule is C=CCOc1c(OC)cc(Cl)cc1[C@@H]1C2=C(CCCC2=O)N=C2CCCC(=O)C21. The van der Waals surface area contributed by atoms with Crippen molar-refractivity contribution in [3.63, 3.8) is 0 Å². The molecule has 6 heteroatoms. The molecule has 1 heterocycles. The predicted octanol–water partition coefficient (Wildman–Crippen LogP) is 4.83. The number of aliphatic imine (C=N–C) groups is 1. The van der Waals surface area contributed by atoms with Crippen molar-refractivity contribution in [2.45, 2.75) is 44.4 Å². The lowest BCUT2D eigenvalue weighted by Gasteiger charge is -2.38. The summed E-state index contributed by atoms with van der Waals surface area (Å²) in [6.07, 6.45) is 5.74. The molecule has 1 aromatic carbocycles. The van der Waals surface area contributed by atoms with Crippen LogP contribution in [0.3, 0.4) is 0 Å². The summed E-state index contributed by atoms with van der Waals surface area (Å²) in [6, 6.07) is 3.48. The first-order valence-corrected chi connectivity index (χ1v) is 10.4. The van der Waals surface area contributed by atoms with Gasteiger partial charge in [0, 0.05) is 52.4 Å². The van der Waals surface area contributed by atoms with E-state index in [1.165, 1.54) is 0 Å². The number of methoxy groups -OCH3 is 1. The average molecular weight is 414 g/mol. The van der Waals surface area contributed by atoms with E-state index in [0.29, 0.717) is 40.5 Å². The maximum Gasteiger partial charge on any atom is 0.165 e. The summed E-state index contributed by atoms with van der Waals surface area (Å²) >= 11 is 6.41. The summed E-state index contributed by atoms with van der Waals surface area (Å²) in [6.45, 7) is 3.99. The zero-order valence-corrected chi connectivity index (χ0v) is 17.3. The first-order valence-electron chi connectivity index (χ1n) is 10.0. The van der Waals surface area contributed by atoms with Gasteiger partial charge in [-0.15, -0.1) is 0 Å². The van der Waals surface area contributed by atoms with E-state index in [9.17, 15) is 9.59 Å². The van der Waals surface area contributed by atoms with Crippen LogP contribution in [0.15, 0.2) is 41.1 Å². The van der Waals surface area contributed by atoms with Crippen molar-refractivity contribution in [3.05, 3.63) is 46.6 Å². The number of carbonyl (C=O) groups excluding carboxylic acids is 2. The van der Waals surface area contributed by atoms with Crippen LogP contribution in [0.25, 0.3) is 0 Å². The Morgan fingerprint density at radius 2 is 1.97 bits per heavy atom. The third-order valence-electron chi connectivity index (χ3n) is 5.86. The van der Waals surface area contributed by atoms with Gasteiger partial charge in [0.05, 0.1) is 13.0 Å². The standard InChI is InChI=1S/C23H24ClNO4/c1-3-10-29-23-14(11-13(24)12-19(23)28-2)20-21-15(6-4-8-17(21)26)25-16-7-5-9-18(27)22(16)20/h3,11-12,20-21H,1,4-10H2,2H3/t20-,21?/m0/s1. The third kappa shape index (κ3) is 3.52. The highest BCUT2D eigenvalue weighted by Gasteiger charge is 2.45. The molecule has 152 valence electrons. The number of benzene rings is 1. The second-order valence-corrected chi connectivity index (χ2v) is 8.08. The smallest absolute Gasteiger partial charge is 0.165 e. The van der Waals surface area contributed by atoms with E-state index in [0.717, 1.165) is 37.1 Å². The minimum atomic E-state index is -0.446. The van der Waals surface area contributed by atoms with Crippen LogP contribution in [-0.2, 0) is 9.59 Å². The van der Waals surface area contributed by atoms with Crippen molar-refractivity contribution in [3.8, 4) is 11.5 Å². The van der Waals surface area contributed by atoms with Gasteiger partial charge < -0.3 is 9.47 Å². The third-order valence-corrected chi connectivity index (χ3v) is 6.08. The van der Waals surface area contributed by atoms with Crippen LogP contribution < -0.4 is 9.47 Å². The fourth-order valence-electron chi connectivity index (χ4n) is 4.70. The highest BCUT2D eigenvalue weighted by atomic mass is 35.5. The number of ether oxygens (including phenoxy) is 2. The molecule has 1 fully saturated rings. The number of Topliss-reactive ketones (excluding diaryl/α,β-unsaturated/α-hetero) is 2. The van der Waals surface area contributed by atoms with Crippen LogP contribution in [0, 0.1) is 5.92 Å². The fraction of sp³-hybridized carbons (Fsp3) is 0.435. The fourth-order valence-corrected chi connectivity index (χ4v) is 4.92.